The third-order valence-electron chi connectivity index (χ3n) is 7.24. The van der Waals surface area contributed by atoms with Gasteiger partial charge in [-0.25, -0.2) is 4.98 Å². The number of rotatable bonds is 8. The maximum Gasteiger partial charge on any atom is 0.267 e. The minimum absolute atomic E-state index is 0.00810. The van der Waals surface area contributed by atoms with Gasteiger partial charge in [0.1, 0.15) is 5.69 Å². The number of H-pyrrole nitrogens is 1. The number of aryl methyl sites for hydroxylation is 1. The zero-order chi connectivity index (χ0) is 25.1. The summed E-state index contributed by atoms with van der Waals surface area (Å²) in [6, 6.07) is 8.15. The van der Waals surface area contributed by atoms with Crippen molar-refractivity contribution in [2.45, 2.75) is 45.6 Å². The number of amides is 1. The molecule has 1 fully saturated rings. The predicted molar refractivity (Wildman–Crippen MR) is 146 cm³/mol. The van der Waals surface area contributed by atoms with Gasteiger partial charge in [-0.2, -0.15) is 0 Å². The van der Waals surface area contributed by atoms with E-state index in [4.69, 9.17) is 0 Å². The van der Waals surface area contributed by atoms with Gasteiger partial charge in [-0.1, -0.05) is 31.4 Å². The van der Waals surface area contributed by atoms with Gasteiger partial charge in [-0.05, 0) is 55.5 Å². The van der Waals surface area contributed by atoms with Gasteiger partial charge in [0.15, 0.2) is 5.01 Å². The highest BCUT2D eigenvalue weighted by Gasteiger charge is 2.27. The average Bonchev–Trinajstić information content (AvgIpc) is 3.53. The quantitative estimate of drug-likeness (QED) is 0.385. The fourth-order valence-electron chi connectivity index (χ4n) is 5.19. The monoisotopic (exact) mass is 503 g/mol. The van der Waals surface area contributed by atoms with Crippen molar-refractivity contribution >= 4 is 45.7 Å². The van der Waals surface area contributed by atoms with E-state index >= 15 is 0 Å². The highest BCUT2D eigenvalue weighted by Crippen LogP contribution is 2.30. The van der Waals surface area contributed by atoms with E-state index in [1.807, 2.05) is 37.4 Å². The number of thiazole rings is 1. The zero-order valence-electron chi connectivity index (χ0n) is 20.8. The van der Waals surface area contributed by atoms with Gasteiger partial charge in [-0.15, -0.1) is 11.3 Å². The summed E-state index contributed by atoms with van der Waals surface area (Å²) in [5.41, 5.74) is 3.93. The molecule has 3 atom stereocenters. The second kappa shape index (κ2) is 10.9. The molecular weight excluding hydrogens is 470 g/mol. The number of aliphatic imine (C=N–C) groups is 1. The Morgan fingerprint density at radius 2 is 2.06 bits per heavy atom. The highest BCUT2D eigenvalue weighted by atomic mass is 32.1. The van der Waals surface area contributed by atoms with Gasteiger partial charge in [0, 0.05) is 48.4 Å². The van der Waals surface area contributed by atoms with Crippen LogP contribution < -0.4 is 10.6 Å². The first kappa shape index (κ1) is 24.6. The maximum absolute atomic E-state index is 13.0. The number of fused-ring (bicyclic) bond motifs is 1. The van der Waals surface area contributed by atoms with E-state index in [0.29, 0.717) is 29.1 Å². The Morgan fingerprint density at radius 1 is 1.19 bits per heavy atom. The molecule has 1 saturated carbocycles. The largest absolute Gasteiger partial charge is 0.351 e. The Balaban J connectivity index is 1.15. The first-order chi connectivity index (χ1) is 17.5. The Kier molecular flexibility index (Phi) is 7.43. The first-order valence-electron chi connectivity index (χ1n) is 12.8. The molecule has 7 nitrogen and oxygen atoms in total. The second-order valence-corrected chi connectivity index (χ2v) is 11.0. The summed E-state index contributed by atoms with van der Waals surface area (Å²) in [5, 5.41) is 8.18. The standard InChI is InChI=1S/C28H33N5O2S/c1-17-7-8-23-20(11-17)12-24(32-23)27(35)33-22-6-4-3-5-19(22)14-30-15-25(34)28-31-16-26(36-28)21-9-10-29-13-18(21)2/h7-12,16,18-19,22,30,32H,3-6,13-15H2,1-2H3,(H,33,35)/t18?,19-,22+/m1/s1. The van der Waals surface area contributed by atoms with Crippen LogP contribution in [0, 0.1) is 18.8 Å². The molecule has 3 heterocycles. The molecule has 1 aromatic carbocycles. The van der Waals surface area contributed by atoms with E-state index < -0.39 is 0 Å². The van der Waals surface area contributed by atoms with Crippen molar-refractivity contribution in [3.8, 4) is 0 Å². The molecule has 0 radical (unpaired) electrons. The number of allylic oxidation sites excluding steroid dienone is 1. The zero-order valence-corrected chi connectivity index (χ0v) is 21.7. The third-order valence-corrected chi connectivity index (χ3v) is 8.32. The van der Waals surface area contributed by atoms with E-state index in [9.17, 15) is 9.59 Å². The van der Waals surface area contributed by atoms with Crippen LogP contribution in [0.1, 0.15) is 63.3 Å². The summed E-state index contributed by atoms with van der Waals surface area (Å²) < 4.78 is 0. The Bertz CT molecular complexity index is 1320. The van der Waals surface area contributed by atoms with Gasteiger partial charge < -0.3 is 15.6 Å². The van der Waals surface area contributed by atoms with Crippen molar-refractivity contribution in [1.82, 2.24) is 20.6 Å². The Hall–Kier alpha value is -3.10. The fraction of sp³-hybridized carbons (Fsp3) is 0.429. The molecule has 1 aliphatic carbocycles. The van der Waals surface area contributed by atoms with Crippen molar-refractivity contribution in [2.75, 3.05) is 19.6 Å². The number of ketones is 1. The van der Waals surface area contributed by atoms with Crippen LogP contribution in [-0.2, 0) is 0 Å². The molecule has 36 heavy (non-hydrogen) atoms. The van der Waals surface area contributed by atoms with Crippen LogP contribution in [0.4, 0.5) is 0 Å². The molecule has 1 unspecified atom stereocenters. The van der Waals surface area contributed by atoms with E-state index in [2.05, 4.69) is 38.6 Å². The lowest BCUT2D eigenvalue weighted by atomic mass is 9.84. The van der Waals surface area contributed by atoms with Crippen molar-refractivity contribution in [3.05, 3.63) is 57.7 Å². The van der Waals surface area contributed by atoms with E-state index in [1.54, 1.807) is 6.20 Å². The third kappa shape index (κ3) is 5.50. The summed E-state index contributed by atoms with van der Waals surface area (Å²) in [7, 11) is 0. The number of nitrogens with one attached hydrogen (secondary N) is 3. The van der Waals surface area contributed by atoms with Gasteiger partial charge in [-0.3, -0.25) is 14.6 Å². The Morgan fingerprint density at radius 3 is 2.92 bits per heavy atom. The molecule has 2 aromatic heterocycles. The normalized spacial score (nSPS) is 21.9. The van der Waals surface area contributed by atoms with Crippen LogP contribution in [0.3, 0.4) is 0 Å². The molecule has 1 amide bonds. The molecular formula is C28H33N5O2S. The van der Waals surface area contributed by atoms with E-state index in [1.165, 1.54) is 22.5 Å². The molecule has 0 bridgehead atoms. The topological polar surface area (TPSA) is 99.2 Å². The number of aromatic amines is 1. The maximum atomic E-state index is 13.0. The Labute approximate surface area is 215 Å². The lowest BCUT2D eigenvalue weighted by Gasteiger charge is -2.32. The van der Waals surface area contributed by atoms with Crippen LogP contribution in [0.25, 0.3) is 16.5 Å². The smallest absolute Gasteiger partial charge is 0.267 e. The number of dihydropyridines is 1. The minimum atomic E-state index is -0.0663. The van der Waals surface area contributed by atoms with Gasteiger partial charge >= 0.3 is 0 Å². The summed E-state index contributed by atoms with van der Waals surface area (Å²) in [6.45, 7) is 5.91. The van der Waals surface area contributed by atoms with Gasteiger partial charge in [0.05, 0.1) is 11.4 Å². The SMILES string of the molecule is Cc1ccc2[nH]c(C(=O)N[C@H]3CCCC[C@@H]3CNCC(=O)c3ncc(C4=CC=NCC4C)s3)cc2c1. The lowest BCUT2D eigenvalue weighted by Crippen LogP contribution is -2.46. The van der Waals surface area contributed by atoms with E-state index in [0.717, 1.165) is 48.0 Å². The number of nitrogens with zero attached hydrogens (tertiary/aromatic N) is 2. The van der Waals surface area contributed by atoms with Gasteiger partial charge in [0.25, 0.3) is 5.91 Å². The van der Waals surface area contributed by atoms with Crippen molar-refractivity contribution in [3.63, 3.8) is 0 Å². The van der Waals surface area contributed by atoms with E-state index in [-0.39, 0.29) is 24.3 Å². The minimum Gasteiger partial charge on any atom is -0.351 e. The molecule has 3 aromatic rings. The first-order valence-corrected chi connectivity index (χ1v) is 13.6. The molecule has 2 aliphatic rings. The van der Waals surface area contributed by atoms with Gasteiger partial charge in [0.2, 0.25) is 5.78 Å². The number of aromatic nitrogens is 2. The van der Waals surface area contributed by atoms with Crippen molar-refractivity contribution in [2.24, 2.45) is 16.8 Å². The molecule has 8 heteroatoms. The number of Topliss-reactive ketones (excluding diaryl/α,β-unsaturated/α-hetero) is 1. The van der Waals surface area contributed by atoms with Crippen LogP contribution in [-0.4, -0.2) is 53.5 Å². The predicted octanol–water partition coefficient (Wildman–Crippen LogP) is 4.80. The number of hydrogen-bond donors (Lipinski definition) is 3. The number of carbonyl (C=O) groups is 2. The lowest BCUT2D eigenvalue weighted by molar-refractivity contribution is 0.0896. The number of hydrogen-bond acceptors (Lipinski definition) is 6. The number of carbonyl (C=O) groups excluding carboxylic acids is 2. The fourth-order valence-corrected chi connectivity index (χ4v) is 6.18. The van der Waals surface area contributed by atoms with Crippen LogP contribution in [0.5, 0.6) is 0 Å². The highest BCUT2D eigenvalue weighted by molar-refractivity contribution is 7.14. The molecule has 5 rings (SSSR count). The van der Waals surface area contributed by atoms with Crippen LogP contribution in [0.15, 0.2) is 41.5 Å². The summed E-state index contributed by atoms with van der Waals surface area (Å²) in [6.07, 6.45) is 9.89. The van der Waals surface area contributed by atoms with Crippen molar-refractivity contribution in [1.29, 1.82) is 0 Å². The summed E-state index contributed by atoms with van der Waals surface area (Å²) in [4.78, 5) is 38.7. The molecule has 0 saturated heterocycles. The molecule has 0 spiro atoms. The van der Waals surface area contributed by atoms with Crippen LogP contribution in [0.2, 0.25) is 0 Å². The second-order valence-electron chi connectivity index (χ2n) is 10.0. The van der Waals surface area contributed by atoms with Crippen LogP contribution >= 0.6 is 11.3 Å². The van der Waals surface area contributed by atoms with Crippen molar-refractivity contribution < 1.29 is 9.59 Å². The average molecular weight is 504 g/mol. The summed E-state index contributed by atoms with van der Waals surface area (Å²) >= 11 is 1.46. The molecule has 3 N–H and O–H groups in total. The summed E-state index contributed by atoms with van der Waals surface area (Å²) in [5.74, 6) is 0.571. The number of benzene rings is 1. The molecule has 1 aliphatic heterocycles. The molecule has 188 valence electrons.